The summed E-state index contributed by atoms with van der Waals surface area (Å²) in [5, 5.41) is 0.630. The number of thiazole rings is 1. The Labute approximate surface area is 115 Å². The van der Waals surface area contributed by atoms with E-state index in [4.69, 9.17) is 5.73 Å². The van der Waals surface area contributed by atoms with E-state index in [0.29, 0.717) is 10.9 Å². The van der Waals surface area contributed by atoms with E-state index < -0.39 is 11.9 Å². The van der Waals surface area contributed by atoms with Crippen molar-refractivity contribution in [2.75, 3.05) is 0 Å². The van der Waals surface area contributed by atoms with Crippen LogP contribution in [-0.2, 0) is 12.7 Å². The van der Waals surface area contributed by atoms with E-state index in [1.165, 1.54) is 6.42 Å². The summed E-state index contributed by atoms with van der Waals surface area (Å²) in [6.45, 7) is 2.05. The molecule has 1 fully saturated rings. The normalized spacial score (nSPS) is 24.7. The molecule has 0 aromatic carbocycles. The van der Waals surface area contributed by atoms with Gasteiger partial charge in [0.1, 0.15) is 0 Å². The lowest BCUT2D eigenvalue weighted by atomic mass is 9.80. The molecule has 0 radical (unpaired) electrons. The fourth-order valence-corrected chi connectivity index (χ4v) is 3.90. The predicted molar refractivity (Wildman–Crippen MR) is 70.0 cm³/mol. The van der Waals surface area contributed by atoms with Gasteiger partial charge in [0.05, 0.1) is 9.88 Å². The standard InChI is InChI=1S/C13H19F3N2S/c1-2-8-4-3-5-9(6-8)12-18-11(13(14,15)16)10(7-17)19-12/h8-9H,2-7,17H2,1H3. The lowest BCUT2D eigenvalue weighted by molar-refractivity contribution is -0.141. The quantitative estimate of drug-likeness (QED) is 0.902. The van der Waals surface area contributed by atoms with Crippen LogP contribution in [0.5, 0.6) is 0 Å². The van der Waals surface area contributed by atoms with E-state index in [-0.39, 0.29) is 17.3 Å². The number of halogens is 3. The van der Waals surface area contributed by atoms with Gasteiger partial charge in [0.2, 0.25) is 0 Å². The van der Waals surface area contributed by atoms with Crippen molar-refractivity contribution >= 4 is 11.3 Å². The van der Waals surface area contributed by atoms with Crippen LogP contribution in [-0.4, -0.2) is 4.98 Å². The molecule has 2 atom stereocenters. The van der Waals surface area contributed by atoms with Crippen LogP contribution in [0.4, 0.5) is 13.2 Å². The Balaban J connectivity index is 2.23. The zero-order chi connectivity index (χ0) is 14.0. The Kier molecular flexibility index (Phi) is 4.50. The van der Waals surface area contributed by atoms with E-state index >= 15 is 0 Å². The largest absolute Gasteiger partial charge is 0.434 e. The number of hydrogen-bond acceptors (Lipinski definition) is 3. The summed E-state index contributed by atoms with van der Waals surface area (Å²) in [5.74, 6) is 0.809. The molecule has 2 N–H and O–H groups in total. The highest BCUT2D eigenvalue weighted by Crippen LogP contribution is 2.42. The molecular formula is C13H19F3N2S. The number of nitrogens with two attached hydrogens (primary N) is 1. The van der Waals surface area contributed by atoms with Crippen molar-refractivity contribution < 1.29 is 13.2 Å². The van der Waals surface area contributed by atoms with E-state index in [0.717, 1.165) is 37.0 Å². The molecule has 19 heavy (non-hydrogen) atoms. The molecule has 0 bridgehead atoms. The Hall–Kier alpha value is -0.620. The summed E-state index contributed by atoms with van der Waals surface area (Å²) in [6, 6.07) is 0. The van der Waals surface area contributed by atoms with Gasteiger partial charge in [-0.2, -0.15) is 13.2 Å². The molecule has 1 aromatic rings. The first kappa shape index (κ1) is 14.8. The summed E-state index contributed by atoms with van der Waals surface area (Å²) < 4.78 is 38.5. The van der Waals surface area contributed by atoms with Gasteiger partial charge in [0.25, 0.3) is 0 Å². The van der Waals surface area contributed by atoms with Gasteiger partial charge in [0, 0.05) is 12.5 Å². The molecule has 0 spiro atoms. The maximum absolute atomic E-state index is 12.8. The highest BCUT2D eigenvalue weighted by molar-refractivity contribution is 7.11. The van der Waals surface area contributed by atoms with Gasteiger partial charge in [-0.3, -0.25) is 0 Å². The van der Waals surface area contributed by atoms with Crippen LogP contribution in [0.3, 0.4) is 0 Å². The van der Waals surface area contributed by atoms with Gasteiger partial charge < -0.3 is 5.73 Å². The van der Waals surface area contributed by atoms with Crippen molar-refractivity contribution in [3.8, 4) is 0 Å². The maximum atomic E-state index is 12.8. The first-order chi connectivity index (χ1) is 8.95. The van der Waals surface area contributed by atoms with Crippen molar-refractivity contribution in [3.05, 3.63) is 15.6 Å². The summed E-state index contributed by atoms with van der Waals surface area (Å²) in [5.41, 5.74) is 4.64. The second-order valence-electron chi connectivity index (χ2n) is 5.16. The van der Waals surface area contributed by atoms with Gasteiger partial charge in [-0.1, -0.05) is 26.2 Å². The number of nitrogens with zero attached hydrogens (tertiary/aromatic N) is 1. The molecule has 1 saturated carbocycles. The first-order valence-electron chi connectivity index (χ1n) is 6.72. The zero-order valence-corrected chi connectivity index (χ0v) is 11.8. The molecule has 1 aromatic heterocycles. The molecule has 1 heterocycles. The second kappa shape index (κ2) is 5.79. The van der Waals surface area contributed by atoms with Gasteiger partial charge in [-0.15, -0.1) is 11.3 Å². The zero-order valence-electron chi connectivity index (χ0n) is 11.0. The van der Waals surface area contributed by atoms with Crippen LogP contribution < -0.4 is 5.73 Å². The number of hydrogen-bond donors (Lipinski definition) is 1. The molecule has 0 amide bonds. The minimum atomic E-state index is -4.39. The monoisotopic (exact) mass is 292 g/mol. The molecule has 6 heteroatoms. The summed E-state index contributed by atoms with van der Waals surface area (Å²) >= 11 is 1.15. The molecule has 1 aliphatic carbocycles. The fraction of sp³-hybridized carbons (Fsp3) is 0.769. The molecule has 2 nitrogen and oxygen atoms in total. The third kappa shape index (κ3) is 3.28. The van der Waals surface area contributed by atoms with Crippen LogP contribution in [0.2, 0.25) is 0 Å². The average molecular weight is 292 g/mol. The predicted octanol–water partition coefficient (Wildman–Crippen LogP) is 4.30. The van der Waals surface area contributed by atoms with Crippen molar-refractivity contribution in [1.82, 2.24) is 4.98 Å². The van der Waals surface area contributed by atoms with E-state index in [1.807, 2.05) is 0 Å². The Bertz CT molecular complexity index is 428. The average Bonchev–Trinajstić information content (AvgIpc) is 2.83. The molecule has 0 aliphatic heterocycles. The minimum absolute atomic E-state index is 0.0869. The number of alkyl halides is 3. The molecule has 2 unspecified atom stereocenters. The Morgan fingerprint density at radius 2 is 2.11 bits per heavy atom. The highest BCUT2D eigenvalue weighted by atomic mass is 32.1. The summed E-state index contributed by atoms with van der Waals surface area (Å²) in [4.78, 5) is 4.03. The lowest BCUT2D eigenvalue weighted by Crippen LogP contribution is -2.14. The van der Waals surface area contributed by atoms with Crippen LogP contribution in [0.15, 0.2) is 0 Å². The lowest BCUT2D eigenvalue weighted by Gasteiger charge is -2.26. The van der Waals surface area contributed by atoms with Crippen molar-refractivity contribution in [2.45, 2.75) is 57.7 Å². The Morgan fingerprint density at radius 3 is 2.63 bits per heavy atom. The SMILES string of the molecule is CCC1CCCC(c2nc(C(F)(F)F)c(CN)s2)C1. The number of aromatic nitrogens is 1. The fourth-order valence-electron chi connectivity index (χ4n) is 2.79. The van der Waals surface area contributed by atoms with Gasteiger partial charge in [-0.05, 0) is 18.8 Å². The third-order valence-corrected chi connectivity index (χ3v) is 5.12. The molecule has 108 valence electrons. The molecule has 2 rings (SSSR count). The Morgan fingerprint density at radius 1 is 1.37 bits per heavy atom. The maximum Gasteiger partial charge on any atom is 0.434 e. The summed E-state index contributed by atoms with van der Waals surface area (Å²) in [6.07, 6.45) is 0.896. The third-order valence-electron chi connectivity index (χ3n) is 3.88. The molecule has 1 aliphatic rings. The van der Waals surface area contributed by atoms with Crippen molar-refractivity contribution in [2.24, 2.45) is 11.7 Å². The van der Waals surface area contributed by atoms with Gasteiger partial charge in [0.15, 0.2) is 5.69 Å². The van der Waals surface area contributed by atoms with Gasteiger partial charge >= 0.3 is 6.18 Å². The topological polar surface area (TPSA) is 38.9 Å². The first-order valence-corrected chi connectivity index (χ1v) is 7.54. The molecular weight excluding hydrogens is 273 g/mol. The van der Waals surface area contributed by atoms with Crippen LogP contribution in [0.1, 0.15) is 60.5 Å². The molecule has 0 saturated heterocycles. The highest BCUT2D eigenvalue weighted by Gasteiger charge is 2.38. The van der Waals surface area contributed by atoms with Crippen molar-refractivity contribution in [3.63, 3.8) is 0 Å². The van der Waals surface area contributed by atoms with Crippen LogP contribution >= 0.6 is 11.3 Å². The number of rotatable bonds is 3. The second-order valence-corrected chi connectivity index (χ2v) is 6.28. The van der Waals surface area contributed by atoms with Crippen molar-refractivity contribution in [1.29, 1.82) is 0 Å². The smallest absolute Gasteiger partial charge is 0.326 e. The minimum Gasteiger partial charge on any atom is -0.326 e. The van der Waals surface area contributed by atoms with E-state index in [1.54, 1.807) is 0 Å². The summed E-state index contributed by atoms with van der Waals surface area (Å²) in [7, 11) is 0. The van der Waals surface area contributed by atoms with Gasteiger partial charge in [-0.25, -0.2) is 4.98 Å². The van der Waals surface area contributed by atoms with E-state index in [9.17, 15) is 13.2 Å². The van der Waals surface area contributed by atoms with Crippen LogP contribution in [0, 0.1) is 5.92 Å². The van der Waals surface area contributed by atoms with E-state index in [2.05, 4.69) is 11.9 Å². The van der Waals surface area contributed by atoms with Crippen LogP contribution in [0.25, 0.3) is 0 Å².